The highest BCUT2D eigenvalue weighted by molar-refractivity contribution is 7.99. The molecule has 0 radical (unpaired) electrons. The normalized spacial score (nSPS) is 15.9. The molecule has 0 bridgehead atoms. The number of amides is 1. The van der Waals surface area contributed by atoms with Crippen LogP contribution in [0.15, 0.2) is 16.8 Å². The van der Waals surface area contributed by atoms with Crippen LogP contribution in [0.4, 0.5) is 0 Å². The van der Waals surface area contributed by atoms with Crippen LogP contribution in [0, 0.1) is 6.92 Å². The first kappa shape index (κ1) is 17.9. The second-order valence-corrected chi connectivity index (χ2v) is 9.14. The fourth-order valence-corrected chi connectivity index (χ4v) is 5.17. The van der Waals surface area contributed by atoms with Crippen LogP contribution in [0.25, 0.3) is 0 Å². The number of nitrogens with zero attached hydrogens (tertiary/aromatic N) is 2. The summed E-state index contributed by atoms with van der Waals surface area (Å²) in [5.74, 6) is 1.42. The summed E-state index contributed by atoms with van der Waals surface area (Å²) in [5.41, 5.74) is 2.53. The van der Waals surface area contributed by atoms with E-state index >= 15 is 0 Å². The van der Waals surface area contributed by atoms with Crippen molar-refractivity contribution in [2.45, 2.75) is 38.6 Å². The number of fused-ring (bicyclic) bond motifs is 1. The molecule has 7 heteroatoms. The molecule has 1 N–H and O–H groups in total. The van der Waals surface area contributed by atoms with Crippen LogP contribution in [0.5, 0.6) is 0 Å². The number of carbonyl (C=O) groups is 1. The molecular formula is C17H23N3OS3. The van der Waals surface area contributed by atoms with Crippen molar-refractivity contribution in [2.75, 3.05) is 18.8 Å². The molecule has 0 aliphatic carbocycles. The van der Waals surface area contributed by atoms with Crippen molar-refractivity contribution < 1.29 is 4.79 Å². The smallest absolute Gasteiger partial charge is 0.230 e. The minimum atomic E-state index is 0.118. The van der Waals surface area contributed by atoms with Gasteiger partial charge in [0.1, 0.15) is 0 Å². The molecule has 3 rings (SSSR count). The minimum Gasteiger partial charge on any atom is -0.354 e. The molecule has 1 amide bonds. The average molecular weight is 382 g/mol. The third-order valence-electron chi connectivity index (χ3n) is 4.20. The van der Waals surface area contributed by atoms with Gasteiger partial charge in [-0.05, 0) is 37.3 Å². The van der Waals surface area contributed by atoms with Crippen molar-refractivity contribution in [3.8, 4) is 0 Å². The highest BCUT2D eigenvalue weighted by Crippen LogP contribution is 2.25. The van der Waals surface area contributed by atoms with Crippen molar-refractivity contribution in [3.05, 3.63) is 38.0 Å². The molecule has 3 heterocycles. The van der Waals surface area contributed by atoms with Crippen molar-refractivity contribution in [1.82, 2.24) is 15.2 Å². The van der Waals surface area contributed by atoms with Gasteiger partial charge in [-0.2, -0.15) is 0 Å². The number of hydrogen-bond donors (Lipinski definition) is 1. The summed E-state index contributed by atoms with van der Waals surface area (Å²) >= 11 is 5.15. The van der Waals surface area contributed by atoms with E-state index in [0.29, 0.717) is 18.3 Å². The first-order valence-corrected chi connectivity index (χ1v) is 11.1. The Morgan fingerprint density at radius 2 is 2.38 bits per heavy atom. The number of hydrogen-bond acceptors (Lipinski definition) is 6. The van der Waals surface area contributed by atoms with Crippen molar-refractivity contribution in [1.29, 1.82) is 0 Å². The van der Waals surface area contributed by atoms with Crippen LogP contribution < -0.4 is 5.32 Å². The van der Waals surface area contributed by atoms with Crippen LogP contribution in [0.1, 0.15) is 28.1 Å². The maximum atomic E-state index is 12.0. The molecule has 1 aliphatic heterocycles. The molecule has 2 aromatic rings. The average Bonchev–Trinajstić information content (AvgIpc) is 3.20. The summed E-state index contributed by atoms with van der Waals surface area (Å²) in [4.78, 5) is 20.4. The van der Waals surface area contributed by atoms with E-state index in [0.717, 1.165) is 36.0 Å². The Hall–Kier alpha value is -0.890. The lowest BCUT2D eigenvalue weighted by Gasteiger charge is -2.32. The molecule has 4 nitrogen and oxygen atoms in total. The van der Waals surface area contributed by atoms with Gasteiger partial charge in [0.2, 0.25) is 5.91 Å². The predicted molar refractivity (Wildman–Crippen MR) is 104 cm³/mol. The van der Waals surface area contributed by atoms with Gasteiger partial charge in [0, 0.05) is 41.7 Å². The van der Waals surface area contributed by atoms with Gasteiger partial charge in [0.05, 0.1) is 16.5 Å². The van der Waals surface area contributed by atoms with Gasteiger partial charge in [-0.1, -0.05) is 0 Å². The van der Waals surface area contributed by atoms with E-state index in [1.807, 2.05) is 18.3 Å². The Labute approximate surface area is 155 Å². The van der Waals surface area contributed by atoms with Crippen LogP contribution in [0.3, 0.4) is 0 Å². The number of thioether (sulfide) groups is 1. The van der Waals surface area contributed by atoms with Crippen molar-refractivity contribution >= 4 is 40.3 Å². The number of thiophene rings is 1. The number of aryl methyl sites for hydroxylation is 1. The monoisotopic (exact) mass is 381 g/mol. The van der Waals surface area contributed by atoms with E-state index in [-0.39, 0.29) is 5.91 Å². The van der Waals surface area contributed by atoms with Gasteiger partial charge in [0.15, 0.2) is 0 Å². The first-order valence-electron chi connectivity index (χ1n) is 8.16. The Morgan fingerprint density at radius 1 is 1.50 bits per heavy atom. The lowest BCUT2D eigenvalue weighted by atomic mass is 10.1. The Morgan fingerprint density at radius 3 is 3.17 bits per heavy atom. The fraction of sp³-hybridized carbons (Fsp3) is 0.529. The summed E-state index contributed by atoms with van der Waals surface area (Å²) in [6.45, 7) is 7.01. The molecule has 0 unspecified atom stereocenters. The van der Waals surface area contributed by atoms with Crippen LogP contribution in [0.2, 0.25) is 0 Å². The molecule has 0 spiro atoms. The van der Waals surface area contributed by atoms with Gasteiger partial charge < -0.3 is 5.32 Å². The Bertz CT molecular complexity index is 682. The summed E-state index contributed by atoms with van der Waals surface area (Å²) in [6, 6.07) is 2.60. The molecule has 0 saturated heterocycles. The van der Waals surface area contributed by atoms with E-state index in [1.54, 1.807) is 23.1 Å². The standard InChI is InChI=1S/C17H23N3OS3/c1-12(20-5-3-16-14(8-20)4-6-23-16)7-18-17(21)11-22-9-15-10-24-13(2)19-15/h4,6,10,12H,3,5,7-9,11H2,1-2H3,(H,18,21)/t12-/m0/s1. The zero-order valence-corrected chi connectivity index (χ0v) is 16.5. The zero-order valence-electron chi connectivity index (χ0n) is 14.1. The molecular weight excluding hydrogens is 358 g/mol. The molecule has 0 fully saturated rings. The number of carbonyl (C=O) groups excluding carboxylic acids is 1. The fourth-order valence-electron chi connectivity index (χ4n) is 2.81. The molecule has 1 atom stereocenters. The van der Waals surface area contributed by atoms with E-state index < -0.39 is 0 Å². The highest BCUT2D eigenvalue weighted by atomic mass is 32.2. The Balaban J connectivity index is 1.35. The summed E-state index contributed by atoms with van der Waals surface area (Å²) in [7, 11) is 0. The topological polar surface area (TPSA) is 45.2 Å². The third-order valence-corrected chi connectivity index (χ3v) is 7.02. The second-order valence-electron chi connectivity index (χ2n) is 6.09. The summed E-state index contributed by atoms with van der Waals surface area (Å²) in [6.07, 6.45) is 1.13. The first-order chi connectivity index (χ1) is 11.6. The number of aromatic nitrogens is 1. The summed E-state index contributed by atoms with van der Waals surface area (Å²) < 4.78 is 0. The molecule has 1 aliphatic rings. The van der Waals surface area contributed by atoms with Crippen LogP contribution in [-0.2, 0) is 23.5 Å². The highest BCUT2D eigenvalue weighted by Gasteiger charge is 2.21. The second kappa shape index (κ2) is 8.47. The number of rotatable bonds is 7. The maximum absolute atomic E-state index is 12.0. The van der Waals surface area contributed by atoms with E-state index in [2.05, 4.69) is 39.0 Å². The predicted octanol–water partition coefficient (Wildman–Crippen LogP) is 3.31. The van der Waals surface area contributed by atoms with Crippen molar-refractivity contribution in [3.63, 3.8) is 0 Å². The van der Waals surface area contributed by atoms with Gasteiger partial charge in [0.25, 0.3) is 0 Å². The molecule has 2 aromatic heterocycles. The third kappa shape index (κ3) is 4.81. The lowest BCUT2D eigenvalue weighted by Crippen LogP contribution is -2.44. The molecule has 130 valence electrons. The van der Waals surface area contributed by atoms with Crippen LogP contribution >= 0.6 is 34.4 Å². The van der Waals surface area contributed by atoms with Gasteiger partial charge in [-0.25, -0.2) is 4.98 Å². The van der Waals surface area contributed by atoms with Gasteiger partial charge >= 0.3 is 0 Å². The summed E-state index contributed by atoms with van der Waals surface area (Å²) in [5, 5.41) is 8.40. The van der Waals surface area contributed by atoms with Crippen molar-refractivity contribution in [2.24, 2.45) is 0 Å². The van der Waals surface area contributed by atoms with Crippen LogP contribution in [-0.4, -0.2) is 40.7 Å². The quantitative estimate of drug-likeness (QED) is 0.799. The van der Waals surface area contributed by atoms with Gasteiger partial charge in [-0.15, -0.1) is 34.4 Å². The van der Waals surface area contributed by atoms with E-state index in [1.165, 1.54) is 10.4 Å². The largest absolute Gasteiger partial charge is 0.354 e. The number of thiazole rings is 1. The number of nitrogens with one attached hydrogen (secondary N) is 1. The Kier molecular flexibility index (Phi) is 6.32. The van der Waals surface area contributed by atoms with E-state index in [4.69, 9.17) is 0 Å². The zero-order chi connectivity index (χ0) is 16.9. The van der Waals surface area contributed by atoms with Gasteiger partial charge in [-0.3, -0.25) is 9.69 Å². The molecule has 24 heavy (non-hydrogen) atoms. The minimum absolute atomic E-state index is 0.118. The molecule has 0 saturated carbocycles. The SMILES string of the molecule is Cc1nc(CSCC(=O)NC[C@H](C)N2CCc3sccc3C2)cs1. The molecule has 0 aromatic carbocycles. The maximum Gasteiger partial charge on any atom is 0.230 e. The lowest BCUT2D eigenvalue weighted by molar-refractivity contribution is -0.118. The van der Waals surface area contributed by atoms with E-state index in [9.17, 15) is 4.79 Å².